The zero-order valence-electron chi connectivity index (χ0n) is 12.4. The normalized spacial score (nSPS) is 20.3. The van der Waals surface area contributed by atoms with E-state index in [9.17, 15) is 4.39 Å². The lowest BCUT2D eigenvalue weighted by Crippen LogP contribution is -2.32. The van der Waals surface area contributed by atoms with Gasteiger partial charge in [0.2, 0.25) is 0 Å². The van der Waals surface area contributed by atoms with Crippen molar-refractivity contribution in [2.45, 2.75) is 32.4 Å². The number of fused-ring (bicyclic) bond motifs is 1. The van der Waals surface area contributed by atoms with Gasteiger partial charge in [0.15, 0.2) is 0 Å². The molecule has 0 saturated carbocycles. The third-order valence-corrected chi connectivity index (χ3v) is 4.04. The van der Waals surface area contributed by atoms with Gasteiger partial charge in [-0.15, -0.1) is 0 Å². The third kappa shape index (κ3) is 2.79. The van der Waals surface area contributed by atoms with Gasteiger partial charge in [0, 0.05) is 12.5 Å². The second-order valence-corrected chi connectivity index (χ2v) is 5.51. The van der Waals surface area contributed by atoms with Crippen LogP contribution in [0.5, 0.6) is 5.75 Å². The molecule has 2 unspecified atom stereocenters. The first-order chi connectivity index (χ1) is 10.2. The molecule has 2 aromatic carbocycles. The van der Waals surface area contributed by atoms with Gasteiger partial charge in [-0.1, -0.05) is 37.3 Å². The SMILES string of the molecule is CCNC1c2ccccc2CC1Oc1ccc(C)c(F)c1. The number of halogens is 1. The molecule has 1 aliphatic carbocycles. The van der Waals surface area contributed by atoms with Gasteiger partial charge in [-0.2, -0.15) is 0 Å². The van der Waals surface area contributed by atoms with Crippen LogP contribution in [0.4, 0.5) is 4.39 Å². The minimum absolute atomic E-state index is 0.00413. The van der Waals surface area contributed by atoms with Crippen LogP contribution in [0.2, 0.25) is 0 Å². The van der Waals surface area contributed by atoms with Gasteiger partial charge >= 0.3 is 0 Å². The Balaban J connectivity index is 1.83. The Hall–Kier alpha value is -1.87. The van der Waals surface area contributed by atoms with E-state index < -0.39 is 0 Å². The first-order valence-corrected chi connectivity index (χ1v) is 7.43. The Labute approximate surface area is 125 Å². The highest BCUT2D eigenvalue weighted by Crippen LogP contribution is 2.34. The monoisotopic (exact) mass is 285 g/mol. The fourth-order valence-electron chi connectivity index (χ4n) is 2.95. The van der Waals surface area contributed by atoms with Crippen molar-refractivity contribution >= 4 is 0 Å². The van der Waals surface area contributed by atoms with Crippen LogP contribution < -0.4 is 10.1 Å². The number of benzene rings is 2. The van der Waals surface area contributed by atoms with E-state index in [-0.39, 0.29) is 18.0 Å². The molecule has 3 rings (SSSR count). The summed E-state index contributed by atoms with van der Waals surface area (Å²) in [5.74, 6) is 0.377. The lowest BCUT2D eigenvalue weighted by Gasteiger charge is -2.23. The van der Waals surface area contributed by atoms with E-state index in [4.69, 9.17) is 4.74 Å². The number of hydrogen-bond donors (Lipinski definition) is 1. The molecule has 0 aliphatic heterocycles. The molecule has 110 valence electrons. The fraction of sp³-hybridized carbons (Fsp3) is 0.333. The fourth-order valence-corrected chi connectivity index (χ4v) is 2.95. The van der Waals surface area contributed by atoms with Gasteiger partial charge < -0.3 is 10.1 Å². The van der Waals surface area contributed by atoms with Crippen LogP contribution in [-0.2, 0) is 6.42 Å². The molecular weight excluding hydrogens is 265 g/mol. The maximum absolute atomic E-state index is 13.7. The van der Waals surface area contributed by atoms with Crippen molar-refractivity contribution in [3.05, 3.63) is 65.0 Å². The van der Waals surface area contributed by atoms with Gasteiger partial charge in [0.25, 0.3) is 0 Å². The van der Waals surface area contributed by atoms with Crippen LogP contribution in [0.3, 0.4) is 0 Å². The first kappa shape index (κ1) is 14.1. The Bertz CT molecular complexity index is 641. The molecule has 3 heteroatoms. The standard InChI is InChI=1S/C18H20FNO/c1-3-20-18-15-7-5-4-6-13(15)10-17(18)21-14-9-8-12(2)16(19)11-14/h4-9,11,17-18,20H,3,10H2,1-2H3. The summed E-state index contributed by atoms with van der Waals surface area (Å²) in [5, 5.41) is 3.48. The number of hydrogen-bond acceptors (Lipinski definition) is 2. The summed E-state index contributed by atoms with van der Waals surface area (Å²) < 4.78 is 19.7. The van der Waals surface area contributed by atoms with Crippen LogP contribution in [0.15, 0.2) is 42.5 Å². The number of aryl methyl sites for hydroxylation is 1. The van der Waals surface area contributed by atoms with Gasteiger partial charge in [-0.05, 0) is 36.2 Å². The Kier molecular flexibility index (Phi) is 3.93. The lowest BCUT2D eigenvalue weighted by atomic mass is 10.1. The van der Waals surface area contributed by atoms with Crippen LogP contribution in [-0.4, -0.2) is 12.6 Å². The summed E-state index contributed by atoms with van der Waals surface area (Å²) in [6.45, 7) is 4.72. The Morgan fingerprint density at radius 3 is 2.81 bits per heavy atom. The summed E-state index contributed by atoms with van der Waals surface area (Å²) in [5.41, 5.74) is 3.23. The van der Waals surface area contributed by atoms with E-state index in [2.05, 4.69) is 36.5 Å². The molecule has 0 aromatic heterocycles. The molecule has 21 heavy (non-hydrogen) atoms. The smallest absolute Gasteiger partial charge is 0.129 e. The van der Waals surface area contributed by atoms with Gasteiger partial charge in [-0.25, -0.2) is 4.39 Å². The van der Waals surface area contributed by atoms with E-state index in [1.54, 1.807) is 13.0 Å². The van der Waals surface area contributed by atoms with Crippen molar-refractivity contribution in [3.63, 3.8) is 0 Å². The van der Waals surface area contributed by atoms with Crippen molar-refractivity contribution in [2.24, 2.45) is 0 Å². The summed E-state index contributed by atoms with van der Waals surface area (Å²) in [7, 11) is 0. The first-order valence-electron chi connectivity index (χ1n) is 7.43. The van der Waals surface area contributed by atoms with Crippen LogP contribution in [0.25, 0.3) is 0 Å². The molecule has 2 atom stereocenters. The highest BCUT2D eigenvalue weighted by Gasteiger charge is 2.33. The molecule has 0 bridgehead atoms. The molecule has 0 saturated heterocycles. The molecule has 0 fully saturated rings. The summed E-state index contributed by atoms with van der Waals surface area (Å²) >= 11 is 0. The van der Waals surface area contributed by atoms with E-state index in [1.807, 2.05) is 6.07 Å². The minimum atomic E-state index is -0.219. The van der Waals surface area contributed by atoms with Crippen molar-refractivity contribution in [1.82, 2.24) is 5.32 Å². The van der Waals surface area contributed by atoms with Crippen LogP contribution >= 0.6 is 0 Å². The number of likely N-dealkylation sites (N-methyl/N-ethyl adjacent to an activating group) is 1. The molecule has 0 amide bonds. The second-order valence-electron chi connectivity index (χ2n) is 5.51. The maximum Gasteiger partial charge on any atom is 0.129 e. The van der Waals surface area contributed by atoms with E-state index in [0.29, 0.717) is 11.3 Å². The second kappa shape index (κ2) is 5.86. The molecule has 2 aromatic rings. The van der Waals surface area contributed by atoms with Crippen molar-refractivity contribution in [3.8, 4) is 5.75 Å². The summed E-state index contributed by atoms with van der Waals surface area (Å²) in [6.07, 6.45) is 0.855. The van der Waals surface area contributed by atoms with Crippen molar-refractivity contribution in [1.29, 1.82) is 0 Å². The molecule has 1 aliphatic rings. The van der Waals surface area contributed by atoms with E-state index in [0.717, 1.165) is 13.0 Å². The average Bonchev–Trinajstić information content (AvgIpc) is 2.81. The van der Waals surface area contributed by atoms with E-state index >= 15 is 0 Å². The van der Waals surface area contributed by atoms with Crippen molar-refractivity contribution in [2.75, 3.05) is 6.54 Å². The van der Waals surface area contributed by atoms with Crippen LogP contribution in [0.1, 0.15) is 29.7 Å². The topological polar surface area (TPSA) is 21.3 Å². The van der Waals surface area contributed by atoms with Gasteiger partial charge in [0.1, 0.15) is 17.7 Å². The highest BCUT2D eigenvalue weighted by molar-refractivity contribution is 5.38. The van der Waals surface area contributed by atoms with Crippen LogP contribution in [0, 0.1) is 12.7 Å². The minimum Gasteiger partial charge on any atom is -0.488 e. The summed E-state index contributed by atoms with van der Waals surface area (Å²) in [4.78, 5) is 0. The molecule has 1 N–H and O–H groups in total. The Morgan fingerprint density at radius 2 is 2.05 bits per heavy atom. The average molecular weight is 285 g/mol. The van der Waals surface area contributed by atoms with Gasteiger partial charge in [-0.3, -0.25) is 0 Å². The highest BCUT2D eigenvalue weighted by atomic mass is 19.1. The number of nitrogens with one attached hydrogen (secondary N) is 1. The molecular formula is C18H20FNO. The molecule has 2 nitrogen and oxygen atoms in total. The lowest BCUT2D eigenvalue weighted by molar-refractivity contribution is 0.167. The number of rotatable bonds is 4. The maximum atomic E-state index is 13.7. The Morgan fingerprint density at radius 1 is 1.24 bits per heavy atom. The zero-order chi connectivity index (χ0) is 14.8. The molecule has 0 spiro atoms. The summed E-state index contributed by atoms with van der Waals surface area (Å²) in [6, 6.07) is 13.6. The molecule has 0 radical (unpaired) electrons. The predicted octanol–water partition coefficient (Wildman–Crippen LogP) is 3.79. The number of ether oxygens (including phenoxy) is 1. The molecule has 0 heterocycles. The quantitative estimate of drug-likeness (QED) is 0.923. The third-order valence-electron chi connectivity index (χ3n) is 4.04. The largest absolute Gasteiger partial charge is 0.488 e. The van der Waals surface area contributed by atoms with Gasteiger partial charge in [0.05, 0.1) is 6.04 Å². The zero-order valence-corrected chi connectivity index (χ0v) is 12.4. The predicted molar refractivity (Wildman–Crippen MR) is 82.1 cm³/mol. The van der Waals surface area contributed by atoms with E-state index in [1.165, 1.54) is 17.2 Å². The van der Waals surface area contributed by atoms with Crippen molar-refractivity contribution < 1.29 is 9.13 Å².